The van der Waals surface area contributed by atoms with Gasteiger partial charge in [-0.3, -0.25) is 9.59 Å². The first-order valence-electron chi connectivity index (χ1n) is 26.6. The molecule has 0 radical (unpaired) electrons. The van der Waals surface area contributed by atoms with Crippen LogP contribution in [0.25, 0.3) is 0 Å². The molecule has 0 fully saturated rings. The number of ether oxygens (including phenoxy) is 1. The zero-order valence-electron chi connectivity index (χ0n) is 42.3. The Morgan fingerprint density at radius 1 is 0.455 bits per heavy atom. The summed E-state index contributed by atoms with van der Waals surface area (Å²) in [6, 6.07) is -0.736. The number of unbranched alkanes of at least 4 members (excludes halogenated alkanes) is 20. The average Bonchev–Trinajstić information content (AvgIpc) is 3.31. The van der Waals surface area contributed by atoms with Crippen molar-refractivity contribution in [1.82, 2.24) is 5.32 Å². The predicted octanol–water partition coefficient (Wildman–Crippen LogP) is 16.2. The number of carbonyl (C=O) groups is 2. The Bertz CT molecular complexity index is 1440. The van der Waals surface area contributed by atoms with Crippen LogP contribution >= 0.6 is 0 Å². The second-order valence-electron chi connectivity index (χ2n) is 17.5. The normalized spacial score (nSPS) is 14.3. The van der Waals surface area contributed by atoms with E-state index in [9.17, 15) is 19.8 Å². The summed E-state index contributed by atoms with van der Waals surface area (Å²) in [7, 11) is 0. The van der Waals surface area contributed by atoms with E-state index in [2.05, 4.69) is 62.5 Å². The molecule has 0 saturated heterocycles. The van der Waals surface area contributed by atoms with Crippen molar-refractivity contribution < 1.29 is 24.5 Å². The van der Waals surface area contributed by atoms with Gasteiger partial charge in [-0.05, 0) is 64.2 Å². The topological polar surface area (TPSA) is 95.9 Å². The standard InChI is InChI=1S/C60H97NO5/c1-4-7-10-13-16-19-22-25-28-30-32-35-38-41-44-47-50-53-60(65)66-56(51-48-45-42-39-36-33-31-29-26-23-20-17-14-11-8-5-2)54-59(64)61-57(55-62)58(63)52-49-46-43-40-37-34-27-24-21-18-15-12-9-6-3/h7,10-11,13-14,16-17,19-20,22-23,25-26,28-33,35-36,38,56-58,62-63H,4-6,8-9,12,15,18,21,24,27,34,37,39-55H2,1-3H3,(H,61,64)/b10-7-,14-11+,16-13+,20-17+,22-19+,26-23+,28-25-,31-29+,32-30+,36-33+,38-35+. The first kappa shape index (κ1) is 62.0. The van der Waals surface area contributed by atoms with E-state index in [4.69, 9.17) is 4.74 Å². The van der Waals surface area contributed by atoms with Gasteiger partial charge in [-0.2, -0.15) is 0 Å². The minimum absolute atomic E-state index is 0.0216. The first-order chi connectivity index (χ1) is 32.5. The van der Waals surface area contributed by atoms with Gasteiger partial charge < -0.3 is 20.3 Å². The minimum atomic E-state index is -0.818. The lowest BCUT2D eigenvalue weighted by Crippen LogP contribution is -2.46. The predicted molar refractivity (Wildman–Crippen MR) is 286 cm³/mol. The number of rotatable bonds is 45. The molecule has 0 aliphatic heterocycles. The van der Waals surface area contributed by atoms with Crippen LogP contribution in [0.4, 0.5) is 0 Å². The molecule has 0 aliphatic carbocycles. The molecule has 6 heteroatoms. The Balaban J connectivity index is 4.81. The van der Waals surface area contributed by atoms with Gasteiger partial charge >= 0.3 is 5.97 Å². The fourth-order valence-corrected chi connectivity index (χ4v) is 7.26. The highest BCUT2D eigenvalue weighted by Gasteiger charge is 2.24. The number of aliphatic hydroxyl groups is 2. The van der Waals surface area contributed by atoms with Crippen LogP contribution in [0, 0.1) is 0 Å². The molecule has 0 bridgehead atoms. The van der Waals surface area contributed by atoms with Crippen LogP contribution in [0.3, 0.4) is 0 Å². The largest absolute Gasteiger partial charge is 0.462 e. The number of carbonyl (C=O) groups excluding carboxylic acids is 2. The van der Waals surface area contributed by atoms with Gasteiger partial charge in [-0.15, -0.1) is 0 Å². The molecule has 3 atom stereocenters. The number of esters is 1. The molecular weight excluding hydrogens is 815 g/mol. The van der Waals surface area contributed by atoms with Crippen molar-refractivity contribution in [1.29, 1.82) is 0 Å². The number of hydrogen-bond donors (Lipinski definition) is 3. The summed E-state index contributed by atoms with van der Waals surface area (Å²) in [5.74, 6) is -0.580. The summed E-state index contributed by atoms with van der Waals surface area (Å²) in [6.07, 6.45) is 73.5. The molecule has 0 aromatic rings. The van der Waals surface area contributed by atoms with E-state index in [-0.39, 0.29) is 24.9 Å². The third-order valence-corrected chi connectivity index (χ3v) is 11.2. The van der Waals surface area contributed by atoms with E-state index in [1.807, 2.05) is 97.2 Å². The van der Waals surface area contributed by atoms with Crippen LogP contribution in [-0.2, 0) is 14.3 Å². The zero-order chi connectivity index (χ0) is 48.1. The highest BCUT2D eigenvalue weighted by Crippen LogP contribution is 2.17. The van der Waals surface area contributed by atoms with E-state index in [0.717, 1.165) is 89.9 Å². The molecule has 0 heterocycles. The van der Waals surface area contributed by atoms with Crippen molar-refractivity contribution in [3.05, 3.63) is 134 Å². The zero-order valence-corrected chi connectivity index (χ0v) is 42.3. The highest BCUT2D eigenvalue weighted by atomic mass is 16.5. The van der Waals surface area contributed by atoms with E-state index in [1.165, 1.54) is 70.6 Å². The maximum absolute atomic E-state index is 13.2. The molecular formula is C60H97NO5. The van der Waals surface area contributed by atoms with Gasteiger partial charge in [0.15, 0.2) is 0 Å². The van der Waals surface area contributed by atoms with E-state index < -0.39 is 18.2 Å². The van der Waals surface area contributed by atoms with Crippen LogP contribution in [0.1, 0.15) is 207 Å². The van der Waals surface area contributed by atoms with Gasteiger partial charge in [-0.25, -0.2) is 0 Å². The van der Waals surface area contributed by atoms with Crippen molar-refractivity contribution in [2.75, 3.05) is 6.61 Å². The Labute approximate surface area is 405 Å². The van der Waals surface area contributed by atoms with Crippen LogP contribution < -0.4 is 5.32 Å². The number of aliphatic hydroxyl groups excluding tert-OH is 2. The fourth-order valence-electron chi connectivity index (χ4n) is 7.26. The van der Waals surface area contributed by atoms with Gasteiger partial charge in [0.25, 0.3) is 0 Å². The Morgan fingerprint density at radius 2 is 0.848 bits per heavy atom. The summed E-state index contributed by atoms with van der Waals surface area (Å²) in [5, 5.41) is 23.8. The Hall–Kier alpha value is -4.00. The molecule has 0 aromatic carbocycles. The van der Waals surface area contributed by atoms with Crippen molar-refractivity contribution in [2.45, 2.75) is 225 Å². The quantitative estimate of drug-likeness (QED) is 0.0321. The molecule has 0 spiro atoms. The lowest BCUT2D eigenvalue weighted by Gasteiger charge is -2.24. The van der Waals surface area contributed by atoms with Crippen LogP contribution in [0.2, 0.25) is 0 Å². The van der Waals surface area contributed by atoms with Gasteiger partial charge in [0.2, 0.25) is 5.91 Å². The van der Waals surface area contributed by atoms with Crippen molar-refractivity contribution in [3.8, 4) is 0 Å². The second-order valence-corrected chi connectivity index (χ2v) is 17.5. The van der Waals surface area contributed by atoms with Gasteiger partial charge in [0.05, 0.1) is 25.2 Å². The summed E-state index contributed by atoms with van der Waals surface area (Å²) in [5.41, 5.74) is 0. The maximum atomic E-state index is 13.2. The number of nitrogens with one attached hydrogen (secondary N) is 1. The van der Waals surface area contributed by atoms with Crippen LogP contribution in [0.15, 0.2) is 134 Å². The molecule has 372 valence electrons. The van der Waals surface area contributed by atoms with Gasteiger partial charge in [-0.1, -0.05) is 264 Å². The summed E-state index contributed by atoms with van der Waals surface area (Å²) < 4.78 is 5.90. The van der Waals surface area contributed by atoms with E-state index >= 15 is 0 Å². The molecule has 0 rings (SSSR count). The average molecular weight is 912 g/mol. The first-order valence-corrected chi connectivity index (χ1v) is 26.6. The summed E-state index contributed by atoms with van der Waals surface area (Å²) in [4.78, 5) is 26.2. The second kappa shape index (κ2) is 52.0. The smallest absolute Gasteiger partial charge is 0.306 e. The number of hydrogen-bond acceptors (Lipinski definition) is 5. The van der Waals surface area contributed by atoms with E-state index in [0.29, 0.717) is 19.3 Å². The lowest BCUT2D eigenvalue weighted by atomic mass is 10.0. The summed E-state index contributed by atoms with van der Waals surface area (Å²) >= 11 is 0. The molecule has 0 saturated carbocycles. The van der Waals surface area contributed by atoms with E-state index in [1.54, 1.807) is 0 Å². The van der Waals surface area contributed by atoms with Crippen LogP contribution in [0.5, 0.6) is 0 Å². The number of amides is 1. The minimum Gasteiger partial charge on any atom is -0.462 e. The maximum Gasteiger partial charge on any atom is 0.306 e. The van der Waals surface area contributed by atoms with Gasteiger partial charge in [0, 0.05) is 6.42 Å². The fraction of sp³-hybridized carbons (Fsp3) is 0.600. The highest BCUT2D eigenvalue weighted by molar-refractivity contribution is 5.77. The molecule has 66 heavy (non-hydrogen) atoms. The Kier molecular flexibility index (Phi) is 48.8. The molecule has 0 aliphatic rings. The SMILES string of the molecule is CC\C=C/C=C/C=C/C=C\C=C\C=C\CCCCCC(=O)OC(CCCCC/C=C/C=C/C=C/C=C/C=C/CCC)CC(=O)NC(CO)C(O)CCCCCCCCCCCCCCCC. The Morgan fingerprint density at radius 3 is 1.30 bits per heavy atom. The molecule has 3 unspecified atom stereocenters. The van der Waals surface area contributed by atoms with Gasteiger partial charge in [0.1, 0.15) is 6.10 Å². The van der Waals surface area contributed by atoms with Crippen molar-refractivity contribution in [3.63, 3.8) is 0 Å². The van der Waals surface area contributed by atoms with Crippen LogP contribution in [-0.4, -0.2) is 46.9 Å². The number of allylic oxidation sites excluding steroid dienone is 22. The molecule has 1 amide bonds. The monoisotopic (exact) mass is 912 g/mol. The molecule has 0 aromatic heterocycles. The third kappa shape index (κ3) is 46.5. The van der Waals surface area contributed by atoms with Crippen molar-refractivity contribution >= 4 is 11.9 Å². The molecule has 6 nitrogen and oxygen atoms in total. The summed E-state index contributed by atoms with van der Waals surface area (Å²) in [6.45, 7) is 6.22. The third-order valence-electron chi connectivity index (χ3n) is 11.2. The van der Waals surface area contributed by atoms with Crippen molar-refractivity contribution in [2.24, 2.45) is 0 Å². The molecule has 3 N–H and O–H groups in total. The lowest BCUT2D eigenvalue weighted by molar-refractivity contribution is -0.151.